The second kappa shape index (κ2) is 9.22. The highest BCUT2D eigenvalue weighted by Crippen LogP contribution is 2.33. The zero-order valence-corrected chi connectivity index (χ0v) is 17.4. The van der Waals surface area contributed by atoms with E-state index < -0.39 is 16.0 Å². The predicted molar refractivity (Wildman–Crippen MR) is 107 cm³/mol. The lowest BCUT2D eigenvalue weighted by Crippen LogP contribution is -2.34. The lowest BCUT2D eigenvalue weighted by Gasteiger charge is -2.20. The third-order valence-electron chi connectivity index (χ3n) is 4.55. The van der Waals surface area contributed by atoms with E-state index in [0.29, 0.717) is 23.7 Å². The zero-order chi connectivity index (χ0) is 20.9. The molecule has 2 heterocycles. The molecule has 1 aromatic heterocycles. The molecule has 0 bridgehead atoms. The van der Waals surface area contributed by atoms with Crippen LogP contribution in [0, 0.1) is 0 Å². The Morgan fingerprint density at radius 2 is 2.00 bits per heavy atom. The summed E-state index contributed by atoms with van der Waals surface area (Å²) in [6.07, 6.45) is 2.66. The fraction of sp³-hybridized carbons (Fsp3) is 0.421. The van der Waals surface area contributed by atoms with Crippen LogP contribution in [-0.2, 0) is 14.8 Å². The van der Waals surface area contributed by atoms with Crippen LogP contribution in [0.25, 0.3) is 11.3 Å². The van der Waals surface area contributed by atoms with E-state index in [1.165, 1.54) is 0 Å². The number of nitrogens with one attached hydrogen (secondary N) is 1. The van der Waals surface area contributed by atoms with Gasteiger partial charge in [-0.3, -0.25) is 4.79 Å². The second-order valence-corrected chi connectivity index (χ2v) is 8.67. The van der Waals surface area contributed by atoms with Crippen molar-refractivity contribution in [2.24, 2.45) is 0 Å². The van der Waals surface area contributed by atoms with Crippen molar-refractivity contribution in [1.29, 1.82) is 0 Å². The lowest BCUT2D eigenvalue weighted by atomic mass is 10.1. The summed E-state index contributed by atoms with van der Waals surface area (Å²) in [6, 6.07) is 9.04. The third-order valence-corrected chi connectivity index (χ3v) is 6.41. The second-order valence-electron chi connectivity index (χ2n) is 6.73. The van der Waals surface area contributed by atoms with E-state index in [-0.39, 0.29) is 6.04 Å². The number of nitrogens with zero attached hydrogens (tertiary/aromatic N) is 2. The molecule has 1 aromatic carbocycles. The van der Waals surface area contributed by atoms with Crippen LogP contribution < -0.4 is 4.74 Å². The molecule has 1 fully saturated rings. The number of rotatable bonds is 5. The van der Waals surface area contributed by atoms with E-state index in [4.69, 9.17) is 14.6 Å². The summed E-state index contributed by atoms with van der Waals surface area (Å²) in [5.41, 5.74) is 1.57. The smallest absolute Gasteiger partial charge is 0.300 e. The Bertz CT molecular complexity index is 890. The van der Waals surface area contributed by atoms with Gasteiger partial charge in [-0.15, -0.1) is 0 Å². The first kappa shape index (κ1) is 21.9. The average molecular weight is 410 g/mol. The highest BCUT2D eigenvalue weighted by Gasteiger charge is 2.33. The summed E-state index contributed by atoms with van der Waals surface area (Å²) in [6.45, 7) is 2.16. The number of methoxy groups -OCH3 is 1. The van der Waals surface area contributed by atoms with Crippen molar-refractivity contribution in [2.75, 3.05) is 34.3 Å². The Labute approximate surface area is 165 Å². The van der Waals surface area contributed by atoms with Crippen LogP contribution in [-0.4, -0.2) is 74.0 Å². The molecule has 1 atom stereocenters. The molecule has 1 unspecified atom stereocenters. The van der Waals surface area contributed by atoms with Crippen molar-refractivity contribution in [3.05, 3.63) is 36.5 Å². The molecule has 154 valence electrons. The number of aromatic nitrogens is 1. The summed E-state index contributed by atoms with van der Waals surface area (Å²) in [4.78, 5) is 14.5. The molecule has 28 heavy (non-hydrogen) atoms. The molecule has 3 rings (SSSR count). The molecule has 0 spiro atoms. The summed E-state index contributed by atoms with van der Waals surface area (Å²) in [7, 11) is 2.04. The standard InChI is InChI=1S/C17H23N3O3S.C2H4O2/c1-19(2)13-8-10-20(12-13)24(21,22)14-6-7-17(23-3)15(11-14)16-5-4-9-18-16;1-2(3)4/h4-7,9,11,13,18H,8,10,12H2,1-3H3;1H3,(H,3,4). The van der Waals surface area contributed by atoms with Crippen LogP contribution in [0.4, 0.5) is 0 Å². The van der Waals surface area contributed by atoms with Crippen molar-refractivity contribution in [2.45, 2.75) is 24.3 Å². The Morgan fingerprint density at radius 3 is 2.50 bits per heavy atom. The first-order valence-corrected chi connectivity index (χ1v) is 10.3. The molecule has 2 aromatic rings. The van der Waals surface area contributed by atoms with Gasteiger partial charge in [-0.25, -0.2) is 8.42 Å². The van der Waals surface area contributed by atoms with Crippen LogP contribution in [0.2, 0.25) is 0 Å². The highest BCUT2D eigenvalue weighted by molar-refractivity contribution is 7.89. The minimum absolute atomic E-state index is 0.265. The van der Waals surface area contributed by atoms with Gasteiger partial charge in [-0.05, 0) is 50.8 Å². The van der Waals surface area contributed by atoms with Crippen LogP contribution in [0.15, 0.2) is 41.4 Å². The maximum Gasteiger partial charge on any atom is 0.300 e. The van der Waals surface area contributed by atoms with E-state index >= 15 is 0 Å². The van der Waals surface area contributed by atoms with Crippen molar-refractivity contribution >= 4 is 16.0 Å². The van der Waals surface area contributed by atoms with Gasteiger partial charge in [0.25, 0.3) is 5.97 Å². The van der Waals surface area contributed by atoms with Crippen LogP contribution >= 0.6 is 0 Å². The number of likely N-dealkylation sites (N-methyl/N-ethyl adjacent to an activating group) is 1. The minimum Gasteiger partial charge on any atom is -0.496 e. The molecule has 1 aliphatic heterocycles. The number of H-pyrrole nitrogens is 1. The molecule has 8 nitrogen and oxygen atoms in total. The van der Waals surface area contributed by atoms with Gasteiger partial charge in [0.05, 0.1) is 12.0 Å². The average Bonchev–Trinajstić information content (AvgIpc) is 3.32. The zero-order valence-electron chi connectivity index (χ0n) is 16.5. The Morgan fingerprint density at radius 1 is 1.32 bits per heavy atom. The number of benzene rings is 1. The number of aliphatic carboxylic acids is 1. The van der Waals surface area contributed by atoms with E-state index in [9.17, 15) is 8.42 Å². The van der Waals surface area contributed by atoms with Crippen molar-refractivity contribution in [3.63, 3.8) is 0 Å². The van der Waals surface area contributed by atoms with Gasteiger partial charge in [-0.1, -0.05) is 0 Å². The fourth-order valence-electron chi connectivity index (χ4n) is 3.06. The third kappa shape index (κ3) is 5.12. The van der Waals surface area contributed by atoms with Crippen molar-refractivity contribution in [1.82, 2.24) is 14.2 Å². The Hall–Kier alpha value is -2.36. The summed E-state index contributed by atoms with van der Waals surface area (Å²) < 4.78 is 32.9. The normalized spacial score (nSPS) is 17.2. The van der Waals surface area contributed by atoms with Crippen molar-refractivity contribution < 1.29 is 23.1 Å². The number of ether oxygens (including phenoxy) is 1. The molecular formula is C19H27N3O5S. The number of carboxylic acid groups (broad SMARTS) is 1. The maximum absolute atomic E-state index is 13.0. The maximum atomic E-state index is 13.0. The number of carbonyl (C=O) groups is 1. The van der Waals surface area contributed by atoms with E-state index in [1.807, 2.05) is 26.2 Å². The number of aromatic amines is 1. The lowest BCUT2D eigenvalue weighted by molar-refractivity contribution is -0.134. The monoisotopic (exact) mass is 409 g/mol. The number of sulfonamides is 1. The molecular weight excluding hydrogens is 382 g/mol. The highest BCUT2D eigenvalue weighted by atomic mass is 32.2. The first-order chi connectivity index (χ1) is 13.2. The van der Waals surface area contributed by atoms with E-state index in [1.54, 1.807) is 35.8 Å². The topological polar surface area (TPSA) is 103 Å². The fourth-order valence-corrected chi connectivity index (χ4v) is 4.57. The van der Waals surface area contributed by atoms with E-state index in [0.717, 1.165) is 24.6 Å². The Kier molecular flexibility index (Phi) is 7.22. The number of hydrogen-bond donors (Lipinski definition) is 2. The number of carboxylic acids is 1. The van der Waals surface area contributed by atoms with Gasteiger partial charge in [0, 0.05) is 43.5 Å². The molecule has 0 aliphatic carbocycles. The SMILES string of the molecule is CC(=O)O.COc1ccc(S(=O)(=O)N2CCC(N(C)C)C2)cc1-c1ccc[nH]1. The molecule has 9 heteroatoms. The quantitative estimate of drug-likeness (QED) is 0.784. The molecule has 0 amide bonds. The van der Waals surface area contributed by atoms with Gasteiger partial charge >= 0.3 is 0 Å². The first-order valence-electron chi connectivity index (χ1n) is 8.84. The summed E-state index contributed by atoms with van der Waals surface area (Å²) in [5, 5.41) is 7.42. The van der Waals surface area contributed by atoms with Crippen LogP contribution in [0.1, 0.15) is 13.3 Å². The van der Waals surface area contributed by atoms with Gasteiger partial charge < -0.3 is 19.7 Å². The van der Waals surface area contributed by atoms with Crippen molar-refractivity contribution in [3.8, 4) is 17.0 Å². The van der Waals surface area contributed by atoms with Crippen LogP contribution in [0.3, 0.4) is 0 Å². The van der Waals surface area contributed by atoms with Gasteiger partial charge in [0.15, 0.2) is 0 Å². The molecule has 1 saturated heterocycles. The minimum atomic E-state index is -3.51. The van der Waals surface area contributed by atoms with Gasteiger partial charge in [0.1, 0.15) is 5.75 Å². The van der Waals surface area contributed by atoms with Gasteiger partial charge in [-0.2, -0.15) is 4.31 Å². The van der Waals surface area contributed by atoms with E-state index in [2.05, 4.69) is 9.88 Å². The van der Waals surface area contributed by atoms with Gasteiger partial charge in [0.2, 0.25) is 10.0 Å². The summed E-state index contributed by atoms with van der Waals surface area (Å²) >= 11 is 0. The largest absolute Gasteiger partial charge is 0.496 e. The van der Waals surface area contributed by atoms with Crippen LogP contribution in [0.5, 0.6) is 5.75 Å². The summed E-state index contributed by atoms with van der Waals surface area (Å²) in [5.74, 6) is -0.191. The molecule has 0 saturated carbocycles. The molecule has 1 aliphatic rings. The number of hydrogen-bond acceptors (Lipinski definition) is 5. The molecule has 2 N–H and O–H groups in total. The molecule has 0 radical (unpaired) electrons. The Balaban J connectivity index is 0.000000640. The predicted octanol–water partition coefficient (Wildman–Crippen LogP) is 2.11.